The Hall–Kier alpha value is -1.65. The van der Waals surface area contributed by atoms with E-state index in [1.54, 1.807) is 0 Å². The average Bonchev–Trinajstić information content (AvgIpc) is 2.08. The van der Waals surface area contributed by atoms with Gasteiger partial charge in [-0.3, -0.25) is 4.79 Å². The number of hydrogen-bond acceptors (Lipinski definition) is 3. The number of phenolic OH excluding ortho intramolecular Hbond substituents is 2. The molecule has 0 aliphatic heterocycles. The third kappa shape index (κ3) is 1.74. The molecule has 0 unspecified atom stereocenters. The van der Waals surface area contributed by atoms with E-state index >= 15 is 0 Å². The van der Waals surface area contributed by atoms with Crippen LogP contribution in [0.25, 0.3) is 0 Å². The number of carbonyl (C=O) groups excluding carboxylic acids is 1. The smallest absolute Gasteiger partial charge is 0.300 e. The van der Waals surface area contributed by atoms with Crippen LogP contribution in [0.15, 0.2) is 18.2 Å². The fourth-order valence-corrected chi connectivity index (χ4v) is 0.848. The molecule has 0 aliphatic carbocycles. The fourth-order valence-electron chi connectivity index (χ4n) is 0.848. The summed E-state index contributed by atoms with van der Waals surface area (Å²) in [6.07, 6.45) is -3.19. The first kappa shape index (κ1) is 9.44. The Labute approximate surface area is 72.2 Å². The predicted octanol–water partition coefficient (Wildman–Crippen LogP) is 1.55. The molecular formula is C8H6F2O3. The van der Waals surface area contributed by atoms with Gasteiger partial charge in [0.2, 0.25) is 5.78 Å². The van der Waals surface area contributed by atoms with E-state index in [0.29, 0.717) is 0 Å². The topological polar surface area (TPSA) is 57.5 Å². The van der Waals surface area contributed by atoms with Crippen LogP contribution in [0.4, 0.5) is 8.78 Å². The minimum absolute atomic E-state index is 0.574. The number of rotatable bonds is 2. The predicted molar refractivity (Wildman–Crippen MR) is 40.1 cm³/mol. The second-order valence-corrected chi connectivity index (χ2v) is 2.34. The third-order valence-electron chi connectivity index (χ3n) is 1.48. The Bertz CT molecular complexity index is 336. The number of halogens is 2. The standard InChI is InChI=1S/C8H6F2O3/c9-8(10)7(13)4-2-1-3-5(11)6(4)12/h1-3,8,11-12H. The number of para-hydroxylation sites is 1. The van der Waals surface area contributed by atoms with Crippen molar-refractivity contribution in [2.24, 2.45) is 0 Å². The van der Waals surface area contributed by atoms with Gasteiger partial charge in [0.1, 0.15) is 0 Å². The van der Waals surface area contributed by atoms with E-state index in [1.165, 1.54) is 6.07 Å². The number of benzene rings is 1. The minimum Gasteiger partial charge on any atom is -0.504 e. The Balaban J connectivity index is 3.15. The Morgan fingerprint density at radius 2 is 1.92 bits per heavy atom. The first-order valence-corrected chi connectivity index (χ1v) is 3.37. The van der Waals surface area contributed by atoms with Crippen molar-refractivity contribution in [1.29, 1.82) is 0 Å². The molecule has 0 radical (unpaired) electrons. The van der Waals surface area contributed by atoms with Crippen molar-refractivity contribution in [2.75, 3.05) is 0 Å². The number of hydrogen-bond donors (Lipinski definition) is 2. The molecule has 13 heavy (non-hydrogen) atoms. The van der Waals surface area contributed by atoms with Gasteiger partial charge in [-0.25, -0.2) is 8.78 Å². The molecule has 0 spiro atoms. The van der Waals surface area contributed by atoms with Gasteiger partial charge in [-0.2, -0.15) is 0 Å². The molecule has 0 saturated heterocycles. The van der Waals surface area contributed by atoms with Gasteiger partial charge in [0.05, 0.1) is 5.56 Å². The molecule has 1 rings (SSSR count). The van der Waals surface area contributed by atoms with Crippen LogP contribution < -0.4 is 0 Å². The zero-order valence-corrected chi connectivity index (χ0v) is 6.37. The summed E-state index contributed by atoms with van der Waals surface area (Å²) in [5, 5.41) is 17.9. The van der Waals surface area contributed by atoms with Crippen molar-refractivity contribution in [2.45, 2.75) is 6.43 Å². The van der Waals surface area contributed by atoms with Crippen molar-refractivity contribution in [1.82, 2.24) is 0 Å². The highest BCUT2D eigenvalue weighted by Gasteiger charge is 2.22. The molecule has 1 aromatic rings. The summed E-state index contributed by atoms with van der Waals surface area (Å²) in [5.41, 5.74) is -0.574. The van der Waals surface area contributed by atoms with Crippen molar-refractivity contribution in [3.8, 4) is 11.5 Å². The van der Waals surface area contributed by atoms with Gasteiger partial charge in [-0.15, -0.1) is 0 Å². The third-order valence-corrected chi connectivity index (χ3v) is 1.48. The van der Waals surface area contributed by atoms with Crippen LogP contribution in [0.2, 0.25) is 0 Å². The average molecular weight is 188 g/mol. The molecule has 0 amide bonds. The quantitative estimate of drug-likeness (QED) is 0.546. The number of carbonyl (C=O) groups is 1. The van der Waals surface area contributed by atoms with Crippen molar-refractivity contribution in [3.05, 3.63) is 23.8 Å². The van der Waals surface area contributed by atoms with Crippen LogP contribution in [-0.4, -0.2) is 22.4 Å². The molecule has 3 nitrogen and oxygen atoms in total. The molecule has 5 heteroatoms. The van der Waals surface area contributed by atoms with Gasteiger partial charge in [-0.1, -0.05) is 6.07 Å². The summed E-state index contributed by atoms with van der Waals surface area (Å²) >= 11 is 0. The maximum absolute atomic E-state index is 11.9. The maximum atomic E-state index is 11.9. The van der Waals surface area contributed by atoms with E-state index in [2.05, 4.69) is 0 Å². The lowest BCUT2D eigenvalue weighted by Crippen LogP contribution is -2.10. The molecule has 0 aromatic heterocycles. The molecule has 70 valence electrons. The van der Waals surface area contributed by atoms with Crippen LogP contribution in [-0.2, 0) is 0 Å². The monoisotopic (exact) mass is 188 g/mol. The number of ketones is 1. The first-order valence-electron chi connectivity index (χ1n) is 3.37. The van der Waals surface area contributed by atoms with Gasteiger partial charge >= 0.3 is 6.43 Å². The summed E-state index contributed by atoms with van der Waals surface area (Å²) in [7, 11) is 0. The Kier molecular flexibility index (Phi) is 2.46. The molecule has 0 fully saturated rings. The molecular weight excluding hydrogens is 182 g/mol. The zero-order valence-electron chi connectivity index (χ0n) is 6.37. The number of Topliss-reactive ketones (excluding diaryl/α,β-unsaturated/α-hetero) is 1. The fraction of sp³-hybridized carbons (Fsp3) is 0.125. The second kappa shape index (κ2) is 3.38. The molecule has 0 aliphatic rings. The van der Waals surface area contributed by atoms with Gasteiger partial charge in [0.25, 0.3) is 0 Å². The zero-order chi connectivity index (χ0) is 10.0. The Morgan fingerprint density at radius 3 is 2.46 bits per heavy atom. The number of aromatic hydroxyl groups is 2. The van der Waals surface area contributed by atoms with Crippen molar-refractivity contribution < 1.29 is 23.8 Å². The lowest BCUT2D eigenvalue weighted by atomic mass is 10.1. The van der Waals surface area contributed by atoms with Crippen LogP contribution in [0.5, 0.6) is 11.5 Å². The molecule has 1 aromatic carbocycles. The van der Waals surface area contributed by atoms with Crippen LogP contribution >= 0.6 is 0 Å². The van der Waals surface area contributed by atoms with E-state index in [9.17, 15) is 13.6 Å². The first-order chi connectivity index (χ1) is 6.04. The maximum Gasteiger partial charge on any atom is 0.300 e. The summed E-state index contributed by atoms with van der Waals surface area (Å²) in [6, 6.07) is 3.31. The SMILES string of the molecule is O=C(c1cccc(O)c1O)C(F)F. The number of phenols is 2. The highest BCUT2D eigenvalue weighted by molar-refractivity contribution is 6.01. The largest absolute Gasteiger partial charge is 0.504 e. The van der Waals surface area contributed by atoms with Crippen LogP contribution in [0.1, 0.15) is 10.4 Å². The molecule has 0 atom stereocenters. The lowest BCUT2D eigenvalue weighted by molar-refractivity contribution is 0.0675. The van der Waals surface area contributed by atoms with E-state index in [0.717, 1.165) is 12.1 Å². The van der Waals surface area contributed by atoms with Gasteiger partial charge in [-0.05, 0) is 12.1 Å². The highest BCUT2D eigenvalue weighted by Crippen LogP contribution is 2.29. The molecule has 0 heterocycles. The second-order valence-electron chi connectivity index (χ2n) is 2.34. The lowest BCUT2D eigenvalue weighted by Gasteiger charge is -2.03. The van der Waals surface area contributed by atoms with Gasteiger partial charge < -0.3 is 10.2 Å². The summed E-state index contributed by atoms with van der Waals surface area (Å²) in [5.74, 6) is -2.91. The molecule has 2 N–H and O–H groups in total. The van der Waals surface area contributed by atoms with E-state index in [1.807, 2.05) is 0 Å². The van der Waals surface area contributed by atoms with Crippen molar-refractivity contribution >= 4 is 5.78 Å². The summed E-state index contributed by atoms with van der Waals surface area (Å²) in [6.45, 7) is 0. The van der Waals surface area contributed by atoms with Crippen LogP contribution in [0, 0.1) is 0 Å². The molecule has 0 bridgehead atoms. The van der Waals surface area contributed by atoms with E-state index in [-0.39, 0.29) is 0 Å². The summed E-state index contributed by atoms with van der Waals surface area (Å²) in [4.78, 5) is 10.7. The van der Waals surface area contributed by atoms with Crippen LogP contribution in [0.3, 0.4) is 0 Å². The highest BCUT2D eigenvalue weighted by atomic mass is 19.3. The van der Waals surface area contributed by atoms with E-state index in [4.69, 9.17) is 10.2 Å². The number of alkyl halides is 2. The van der Waals surface area contributed by atoms with E-state index < -0.39 is 29.3 Å². The summed E-state index contributed by atoms with van der Waals surface area (Å²) < 4.78 is 23.8. The van der Waals surface area contributed by atoms with Crippen molar-refractivity contribution in [3.63, 3.8) is 0 Å². The van der Waals surface area contributed by atoms with Gasteiger partial charge in [0.15, 0.2) is 11.5 Å². The minimum atomic E-state index is -3.19. The Morgan fingerprint density at radius 1 is 1.31 bits per heavy atom. The van der Waals surface area contributed by atoms with Gasteiger partial charge in [0, 0.05) is 0 Å². The normalized spacial score (nSPS) is 10.4. The molecule has 0 saturated carbocycles.